The number of aromatic nitrogens is 2. The number of nitrogens with zero attached hydrogens (tertiary/aromatic N) is 3. The zero-order valence-corrected chi connectivity index (χ0v) is 16.2. The third-order valence-corrected chi connectivity index (χ3v) is 5.09. The molecule has 0 aliphatic carbocycles. The molecule has 1 aromatic heterocycles. The second kappa shape index (κ2) is 7.80. The minimum atomic E-state index is -3.47. The molecule has 0 aliphatic rings. The van der Waals surface area contributed by atoms with E-state index in [0.717, 1.165) is 6.26 Å². The maximum atomic E-state index is 12.3. The number of hydrogen-bond acceptors (Lipinski definition) is 9. The minimum Gasteiger partial charge on any atom is -0.452 e. The molecule has 3 rings (SSSR count). The van der Waals surface area contributed by atoms with Crippen molar-refractivity contribution in [2.24, 2.45) is 0 Å². The number of hydrogen-bond donors (Lipinski definition) is 0. The molecule has 150 valence electrons. The third kappa shape index (κ3) is 4.63. The summed E-state index contributed by atoms with van der Waals surface area (Å²) in [5.74, 6) is -0.604. The fourth-order valence-electron chi connectivity index (χ4n) is 2.41. The van der Waals surface area contributed by atoms with Crippen LogP contribution in [0.15, 0.2) is 51.8 Å². The van der Waals surface area contributed by atoms with Gasteiger partial charge in [-0.05, 0) is 36.8 Å². The van der Waals surface area contributed by atoms with Gasteiger partial charge < -0.3 is 9.15 Å². The smallest absolute Gasteiger partial charge is 0.338 e. The van der Waals surface area contributed by atoms with E-state index in [2.05, 4.69) is 10.2 Å². The maximum absolute atomic E-state index is 12.3. The molecule has 0 saturated heterocycles. The first-order chi connectivity index (χ1) is 13.6. The van der Waals surface area contributed by atoms with Crippen LogP contribution in [0, 0.1) is 17.0 Å². The average molecular weight is 417 g/mol. The molecule has 0 radical (unpaired) electrons. The van der Waals surface area contributed by atoms with Crippen molar-refractivity contribution in [2.75, 3.05) is 6.26 Å². The normalized spacial score (nSPS) is 11.2. The lowest BCUT2D eigenvalue weighted by Gasteiger charge is -2.07. The summed E-state index contributed by atoms with van der Waals surface area (Å²) < 4.78 is 33.9. The monoisotopic (exact) mass is 417 g/mol. The molecule has 1 heterocycles. The van der Waals surface area contributed by atoms with Crippen molar-refractivity contribution in [3.8, 4) is 11.5 Å². The van der Waals surface area contributed by atoms with Crippen LogP contribution in [0.25, 0.3) is 11.5 Å². The van der Waals surface area contributed by atoms with Gasteiger partial charge in [-0.1, -0.05) is 6.07 Å². The Kier molecular flexibility index (Phi) is 5.41. The Morgan fingerprint density at radius 2 is 1.86 bits per heavy atom. The summed E-state index contributed by atoms with van der Waals surface area (Å²) in [5.41, 5.74) is 1.06. The number of ether oxygens (including phenoxy) is 1. The highest BCUT2D eigenvalue weighted by Crippen LogP contribution is 2.22. The minimum absolute atomic E-state index is 0.00768. The highest BCUT2D eigenvalue weighted by atomic mass is 32.2. The van der Waals surface area contributed by atoms with Crippen molar-refractivity contribution in [1.82, 2.24) is 10.2 Å². The summed E-state index contributed by atoms with van der Waals surface area (Å²) in [4.78, 5) is 22.5. The largest absolute Gasteiger partial charge is 0.452 e. The summed E-state index contributed by atoms with van der Waals surface area (Å²) >= 11 is 0. The van der Waals surface area contributed by atoms with E-state index in [-0.39, 0.29) is 34.5 Å². The molecule has 11 heteroatoms. The molecule has 3 aromatic rings. The molecule has 0 bridgehead atoms. The standard InChI is InChI=1S/C18H15N3O7S/c1-11-3-8-14(29(2,25)26)9-15(11)18(22)27-10-16-19-20-17(28-16)12-4-6-13(7-5-12)21(23)24/h3-9H,10H2,1-2H3. The van der Waals surface area contributed by atoms with Gasteiger partial charge in [-0.25, -0.2) is 13.2 Å². The van der Waals surface area contributed by atoms with Crippen LogP contribution in [0.4, 0.5) is 5.69 Å². The summed E-state index contributed by atoms with van der Waals surface area (Å²) in [7, 11) is -3.47. The second-order valence-corrected chi connectivity index (χ2v) is 8.15. The van der Waals surface area contributed by atoms with Crippen molar-refractivity contribution in [1.29, 1.82) is 0 Å². The quantitative estimate of drug-likeness (QED) is 0.336. The first kappa shape index (κ1) is 20.1. The lowest BCUT2D eigenvalue weighted by Crippen LogP contribution is -2.09. The summed E-state index contributed by atoms with van der Waals surface area (Å²) in [6.07, 6.45) is 1.05. The van der Waals surface area contributed by atoms with E-state index >= 15 is 0 Å². The molecule has 0 saturated carbocycles. The van der Waals surface area contributed by atoms with E-state index in [1.54, 1.807) is 6.92 Å². The lowest BCUT2D eigenvalue weighted by atomic mass is 10.1. The van der Waals surface area contributed by atoms with Gasteiger partial charge in [0.1, 0.15) is 0 Å². The number of non-ortho nitro benzene ring substituents is 1. The van der Waals surface area contributed by atoms with Crippen LogP contribution >= 0.6 is 0 Å². The molecule has 0 spiro atoms. The third-order valence-electron chi connectivity index (χ3n) is 3.98. The highest BCUT2D eigenvalue weighted by molar-refractivity contribution is 7.90. The van der Waals surface area contributed by atoms with Crippen LogP contribution in [0.1, 0.15) is 21.8 Å². The van der Waals surface area contributed by atoms with Crippen LogP contribution in [-0.2, 0) is 21.2 Å². The summed E-state index contributed by atoms with van der Waals surface area (Å²) in [6.45, 7) is 1.34. The van der Waals surface area contributed by atoms with Gasteiger partial charge in [-0.15, -0.1) is 10.2 Å². The fourth-order valence-corrected chi connectivity index (χ4v) is 3.06. The van der Waals surface area contributed by atoms with Crippen molar-refractivity contribution in [3.05, 3.63) is 69.6 Å². The first-order valence-corrected chi connectivity index (χ1v) is 10.1. The van der Waals surface area contributed by atoms with E-state index in [1.165, 1.54) is 42.5 Å². The van der Waals surface area contributed by atoms with Gasteiger partial charge in [0, 0.05) is 24.0 Å². The molecule has 0 fully saturated rings. The Bertz CT molecular complexity index is 1180. The van der Waals surface area contributed by atoms with Crippen LogP contribution < -0.4 is 0 Å². The molecular formula is C18H15N3O7S. The first-order valence-electron chi connectivity index (χ1n) is 8.20. The van der Waals surface area contributed by atoms with Gasteiger partial charge >= 0.3 is 5.97 Å². The van der Waals surface area contributed by atoms with Crippen LogP contribution in [-0.4, -0.2) is 35.8 Å². The van der Waals surface area contributed by atoms with Gasteiger partial charge in [0.2, 0.25) is 5.89 Å². The van der Waals surface area contributed by atoms with Crippen molar-refractivity contribution in [3.63, 3.8) is 0 Å². The van der Waals surface area contributed by atoms with E-state index < -0.39 is 20.7 Å². The van der Waals surface area contributed by atoms with Gasteiger partial charge in [-0.2, -0.15) is 0 Å². The predicted octanol–water partition coefficient (Wildman–Crippen LogP) is 2.71. The number of carbonyl (C=O) groups is 1. The van der Waals surface area contributed by atoms with E-state index in [9.17, 15) is 23.3 Å². The maximum Gasteiger partial charge on any atom is 0.338 e. The summed E-state index contributed by atoms with van der Waals surface area (Å²) in [6, 6.07) is 9.71. The molecule has 10 nitrogen and oxygen atoms in total. The van der Waals surface area contributed by atoms with Gasteiger partial charge in [0.05, 0.1) is 15.4 Å². The Morgan fingerprint density at radius 1 is 1.17 bits per heavy atom. The number of nitro benzene ring substituents is 1. The molecule has 0 atom stereocenters. The van der Waals surface area contributed by atoms with Crippen molar-refractivity contribution in [2.45, 2.75) is 18.4 Å². The number of aryl methyl sites for hydroxylation is 1. The Labute approximate surface area is 165 Å². The van der Waals surface area contributed by atoms with E-state index in [4.69, 9.17) is 9.15 Å². The molecule has 29 heavy (non-hydrogen) atoms. The summed E-state index contributed by atoms with van der Waals surface area (Å²) in [5, 5.41) is 18.3. The Balaban J connectivity index is 1.71. The molecule has 0 aliphatic heterocycles. The number of esters is 1. The van der Waals surface area contributed by atoms with E-state index in [0.29, 0.717) is 11.1 Å². The number of nitro groups is 1. The molecular weight excluding hydrogens is 402 g/mol. The van der Waals surface area contributed by atoms with Crippen LogP contribution in [0.3, 0.4) is 0 Å². The number of carbonyl (C=O) groups excluding carboxylic acids is 1. The average Bonchev–Trinajstić information content (AvgIpc) is 3.14. The molecule has 0 amide bonds. The fraction of sp³-hybridized carbons (Fsp3) is 0.167. The zero-order chi connectivity index (χ0) is 21.2. The number of benzene rings is 2. The lowest BCUT2D eigenvalue weighted by molar-refractivity contribution is -0.384. The second-order valence-electron chi connectivity index (χ2n) is 6.13. The highest BCUT2D eigenvalue weighted by Gasteiger charge is 2.17. The number of rotatable bonds is 6. The van der Waals surface area contributed by atoms with E-state index in [1.807, 2.05) is 0 Å². The van der Waals surface area contributed by atoms with Crippen molar-refractivity contribution < 1.29 is 27.3 Å². The van der Waals surface area contributed by atoms with Gasteiger partial charge in [0.15, 0.2) is 16.4 Å². The SMILES string of the molecule is Cc1ccc(S(C)(=O)=O)cc1C(=O)OCc1nnc(-c2ccc([N+](=O)[O-])cc2)o1. The Hall–Kier alpha value is -3.60. The van der Waals surface area contributed by atoms with Crippen LogP contribution in [0.5, 0.6) is 0 Å². The predicted molar refractivity (Wildman–Crippen MR) is 99.8 cm³/mol. The van der Waals surface area contributed by atoms with Gasteiger partial charge in [0.25, 0.3) is 11.6 Å². The van der Waals surface area contributed by atoms with Crippen LogP contribution in [0.2, 0.25) is 0 Å². The molecule has 2 aromatic carbocycles. The Morgan fingerprint density at radius 3 is 2.48 bits per heavy atom. The topological polar surface area (TPSA) is 142 Å². The molecule has 0 unspecified atom stereocenters. The zero-order valence-electron chi connectivity index (χ0n) is 15.4. The van der Waals surface area contributed by atoms with Gasteiger partial charge in [-0.3, -0.25) is 10.1 Å². The number of sulfone groups is 1. The van der Waals surface area contributed by atoms with Crippen molar-refractivity contribution >= 4 is 21.5 Å². The molecule has 0 N–H and O–H groups in total.